The highest BCUT2D eigenvalue weighted by molar-refractivity contribution is 5.99. The summed E-state index contributed by atoms with van der Waals surface area (Å²) < 4.78 is 0. The zero-order valence-electron chi connectivity index (χ0n) is 11.3. The lowest BCUT2D eigenvalue weighted by Gasteiger charge is -2.15. The van der Waals surface area contributed by atoms with E-state index in [2.05, 4.69) is 24.3 Å². The second-order valence-corrected chi connectivity index (χ2v) is 5.45. The summed E-state index contributed by atoms with van der Waals surface area (Å²) >= 11 is 0. The molecule has 1 aliphatic carbocycles. The van der Waals surface area contributed by atoms with Gasteiger partial charge >= 0.3 is 0 Å². The minimum Gasteiger partial charge on any atom is -0.507 e. The van der Waals surface area contributed by atoms with E-state index in [1.54, 1.807) is 0 Å². The molecule has 98 valence electrons. The zero-order valence-corrected chi connectivity index (χ0v) is 11.3. The van der Waals surface area contributed by atoms with Crippen LogP contribution in [0, 0.1) is 0 Å². The predicted molar refractivity (Wildman–Crippen MR) is 83.1 cm³/mol. The molecule has 0 saturated carbocycles. The van der Waals surface area contributed by atoms with Gasteiger partial charge in [-0.2, -0.15) is 0 Å². The minimum atomic E-state index is 0.437. The molecule has 1 N–H and O–H groups in total. The van der Waals surface area contributed by atoms with Crippen molar-refractivity contribution in [2.45, 2.75) is 19.3 Å². The molecule has 1 heteroatoms. The van der Waals surface area contributed by atoms with Gasteiger partial charge in [-0.15, -0.1) is 0 Å². The van der Waals surface area contributed by atoms with Crippen molar-refractivity contribution in [2.24, 2.45) is 0 Å². The number of aryl methyl sites for hydroxylation is 1. The molecule has 0 bridgehead atoms. The van der Waals surface area contributed by atoms with E-state index in [0.717, 1.165) is 29.4 Å². The summed E-state index contributed by atoms with van der Waals surface area (Å²) in [5.41, 5.74) is 4.93. The second-order valence-electron chi connectivity index (χ2n) is 5.45. The minimum absolute atomic E-state index is 0.437. The molecule has 3 aromatic rings. The van der Waals surface area contributed by atoms with E-state index >= 15 is 0 Å². The maximum atomic E-state index is 10.8. The maximum Gasteiger partial charge on any atom is 0.131 e. The molecule has 4 rings (SSSR count). The van der Waals surface area contributed by atoms with Crippen LogP contribution in [0.3, 0.4) is 0 Å². The first kappa shape index (κ1) is 11.5. The molecular formula is C19H16O. The molecule has 1 aliphatic rings. The predicted octanol–water partition coefficient (Wildman–Crippen LogP) is 4.70. The largest absolute Gasteiger partial charge is 0.507 e. The van der Waals surface area contributed by atoms with Crippen molar-refractivity contribution in [2.75, 3.05) is 0 Å². The first-order chi connectivity index (χ1) is 9.86. The summed E-state index contributed by atoms with van der Waals surface area (Å²) in [5.74, 6) is 0.437. The van der Waals surface area contributed by atoms with Crippen LogP contribution in [-0.4, -0.2) is 5.11 Å². The Bertz CT molecular complexity index is 788. The highest BCUT2D eigenvalue weighted by Gasteiger charge is 2.22. The molecule has 0 atom stereocenters. The number of hydrogen-bond donors (Lipinski definition) is 1. The van der Waals surface area contributed by atoms with Gasteiger partial charge in [0.05, 0.1) is 0 Å². The summed E-state index contributed by atoms with van der Waals surface area (Å²) in [4.78, 5) is 0. The van der Waals surface area contributed by atoms with Crippen LogP contribution < -0.4 is 0 Å². The van der Waals surface area contributed by atoms with Crippen molar-refractivity contribution in [3.8, 4) is 16.9 Å². The van der Waals surface area contributed by atoms with Crippen LogP contribution in [0.2, 0.25) is 0 Å². The fourth-order valence-corrected chi connectivity index (χ4v) is 3.46. The average Bonchev–Trinajstić information content (AvgIpc) is 2.98. The van der Waals surface area contributed by atoms with Gasteiger partial charge in [0.25, 0.3) is 0 Å². The van der Waals surface area contributed by atoms with Crippen LogP contribution in [0.1, 0.15) is 17.5 Å². The molecule has 0 radical (unpaired) electrons. The number of rotatable bonds is 1. The molecular weight excluding hydrogens is 244 g/mol. The second kappa shape index (κ2) is 4.38. The van der Waals surface area contributed by atoms with E-state index in [-0.39, 0.29) is 0 Å². The highest BCUT2D eigenvalue weighted by Crippen LogP contribution is 2.44. The number of hydrogen-bond acceptors (Lipinski definition) is 1. The third-order valence-corrected chi connectivity index (χ3v) is 4.33. The summed E-state index contributed by atoms with van der Waals surface area (Å²) in [6.07, 6.45) is 3.37. The number of benzene rings is 3. The number of fused-ring (bicyclic) bond motifs is 3. The number of aromatic hydroxyl groups is 1. The Kier molecular flexibility index (Phi) is 2.53. The third-order valence-electron chi connectivity index (χ3n) is 4.33. The van der Waals surface area contributed by atoms with E-state index in [0.29, 0.717) is 5.75 Å². The fraction of sp³-hybridized carbons (Fsp3) is 0.158. The molecule has 1 nitrogen and oxygen atoms in total. The van der Waals surface area contributed by atoms with Crippen LogP contribution in [0.15, 0.2) is 54.6 Å². The molecule has 3 aromatic carbocycles. The van der Waals surface area contributed by atoms with Gasteiger partial charge in [0.1, 0.15) is 5.75 Å². The van der Waals surface area contributed by atoms with Crippen LogP contribution in [0.4, 0.5) is 0 Å². The van der Waals surface area contributed by atoms with Crippen LogP contribution in [0.25, 0.3) is 21.9 Å². The maximum absolute atomic E-state index is 10.8. The highest BCUT2D eigenvalue weighted by atomic mass is 16.3. The van der Waals surface area contributed by atoms with Gasteiger partial charge in [0.2, 0.25) is 0 Å². The number of phenolic OH excluding ortho intramolecular Hbond substituents is 1. The molecule has 20 heavy (non-hydrogen) atoms. The lowest BCUT2D eigenvalue weighted by molar-refractivity contribution is 0.483. The quantitative estimate of drug-likeness (QED) is 0.672. The molecule has 0 aliphatic heterocycles. The summed E-state index contributed by atoms with van der Waals surface area (Å²) in [6, 6.07) is 18.5. The topological polar surface area (TPSA) is 20.2 Å². The smallest absolute Gasteiger partial charge is 0.131 e. The van der Waals surface area contributed by atoms with Crippen molar-refractivity contribution in [1.82, 2.24) is 0 Å². The Balaban J connectivity index is 2.14. The molecule has 0 fully saturated rings. The van der Waals surface area contributed by atoms with Crippen LogP contribution in [-0.2, 0) is 12.8 Å². The summed E-state index contributed by atoms with van der Waals surface area (Å²) in [5, 5.41) is 13.0. The first-order valence-electron chi connectivity index (χ1n) is 7.17. The third kappa shape index (κ3) is 1.56. The van der Waals surface area contributed by atoms with E-state index in [1.165, 1.54) is 22.9 Å². The van der Waals surface area contributed by atoms with Crippen LogP contribution >= 0.6 is 0 Å². The Hall–Kier alpha value is -2.28. The number of phenols is 1. The van der Waals surface area contributed by atoms with E-state index < -0.39 is 0 Å². The normalized spacial score (nSPS) is 13.6. The molecule has 0 aromatic heterocycles. The van der Waals surface area contributed by atoms with Crippen molar-refractivity contribution in [1.29, 1.82) is 0 Å². The van der Waals surface area contributed by atoms with Gasteiger partial charge in [0, 0.05) is 10.9 Å². The molecule has 0 amide bonds. The van der Waals surface area contributed by atoms with Gasteiger partial charge in [-0.05, 0) is 41.3 Å². The van der Waals surface area contributed by atoms with Crippen molar-refractivity contribution in [3.63, 3.8) is 0 Å². The van der Waals surface area contributed by atoms with Gasteiger partial charge in [0.15, 0.2) is 0 Å². The molecule has 0 heterocycles. The van der Waals surface area contributed by atoms with Gasteiger partial charge in [-0.3, -0.25) is 0 Å². The lowest BCUT2D eigenvalue weighted by atomic mass is 9.91. The average molecular weight is 260 g/mol. The Labute approximate surface area is 118 Å². The van der Waals surface area contributed by atoms with E-state index in [1.807, 2.05) is 30.3 Å². The van der Waals surface area contributed by atoms with Gasteiger partial charge < -0.3 is 5.11 Å². The molecule has 0 saturated heterocycles. The van der Waals surface area contributed by atoms with Crippen molar-refractivity contribution >= 4 is 10.8 Å². The van der Waals surface area contributed by atoms with Gasteiger partial charge in [-0.25, -0.2) is 0 Å². The monoisotopic (exact) mass is 260 g/mol. The van der Waals surface area contributed by atoms with E-state index in [4.69, 9.17) is 0 Å². The Morgan fingerprint density at radius 2 is 1.35 bits per heavy atom. The molecule has 0 unspecified atom stereocenters. The Morgan fingerprint density at radius 1 is 0.700 bits per heavy atom. The fourth-order valence-electron chi connectivity index (χ4n) is 3.46. The lowest BCUT2D eigenvalue weighted by Crippen LogP contribution is -1.92. The molecule has 0 spiro atoms. The van der Waals surface area contributed by atoms with Crippen LogP contribution in [0.5, 0.6) is 5.75 Å². The van der Waals surface area contributed by atoms with E-state index in [9.17, 15) is 5.11 Å². The zero-order chi connectivity index (χ0) is 13.5. The summed E-state index contributed by atoms with van der Waals surface area (Å²) in [7, 11) is 0. The Morgan fingerprint density at radius 3 is 2.15 bits per heavy atom. The summed E-state index contributed by atoms with van der Waals surface area (Å²) in [6.45, 7) is 0. The standard InChI is InChI=1S/C19H16O/c20-19-17-10-5-4-9-15(17)14-11-6-12-16(14)18(19)13-7-2-1-3-8-13/h1-5,7-10,20H,6,11-12H2. The SMILES string of the molecule is Oc1c(-c2ccccc2)c2c(c3ccccc13)CCC2. The van der Waals surface area contributed by atoms with Gasteiger partial charge in [-0.1, -0.05) is 54.6 Å². The first-order valence-corrected chi connectivity index (χ1v) is 7.17. The van der Waals surface area contributed by atoms with Crippen molar-refractivity contribution in [3.05, 3.63) is 65.7 Å². The van der Waals surface area contributed by atoms with Crippen molar-refractivity contribution < 1.29 is 5.11 Å².